The van der Waals surface area contributed by atoms with Crippen LogP contribution in [0.25, 0.3) is 0 Å². The molecule has 0 unspecified atom stereocenters. The number of ether oxygens (including phenoxy) is 1. The Balaban J connectivity index is 2.19. The highest BCUT2D eigenvalue weighted by molar-refractivity contribution is 5.69. The van der Waals surface area contributed by atoms with Crippen LogP contribution in [0.1, 0.15) is 17.5 Å². The van der Waals surface area contributed by atoms with E-state index >= 15 is 0 Å². The highest BCUT2D eigenvalue weighted by Crippen LogP contribution is 2.17. The summed E-state index contributed by atoms with van der Waals surface area (Å²) in [5.74, 6) is -0.495. The lowest BCUT2D eigenvalue weighted by atomic mass is 10.0. The Kier molecular flexibility index (Phi) is 7.60. The Hall–Kier alpha value is -2.21. The summed E-state index contributed by atoms with van der Waals surface area (Å²) in [6, 6.07) is 19.1. The second kappa shape index (κ2) is 9.93. The molecule has 134 valence electrons. The van der Waals surface area contributed by atoms with Crippen molar-refractivity contribution < 1.29 is 19.7 Å². The third-order valence-corrected chi connectivity index (χ3v) is 4.16. The van der Waals surface area contributed by atoms with Gasteiger partial charge in [0.15, 0.2) is 0 Å². The summed E-state index contributed by atoms with van der Waals surface area (Å²) < 4.78 is 4.63. The van der Waals surface area contributed by atoms with Crippen molar-refractivity contribution >= 4 is 5.97 Å². The molecule has 0 aliphatic carbocycles. The molecule has 0 saturated carbocycles. The van der Waals surface area contributed by atoms with Crippen molar-refractivity contribution in [2.24, 2.45) is 0 Å². The maximum absolute atomic E-state index is 11.5. The monoisotopic (exact) mass is 343 g/mol. The first-order valence-electron chi connectivity index (χ1n) is 8.31. The van der Waals surface area contributed by atoms with Gasteiger partial charge in [0, 0.05) is 13.1 Å². The molecule has 0 spiro atoms. The van der Waals surface area contributed by atoms with E-state index in [1.807, 2.05) is 65.6 Å². The minimum Gasteiger partial charge on any atom is -0.469 e. The molecule has 25 heavy (non-hydrogen) atoms. The van der Waals surface area contributed by atoms with Gasteiger partial charge in [-0.15, -0.1) is 0 Å². The zero-order valence-corrected chi connectivity index (χ0v) is 14.4. The molecule has 0 aliphatic heterocycles. The van der Waals surface area contributed by atoms with Gasteiger partial charge in [-0.1, -0.05) is 60.7 Å². The van der Waals surface area contributed by atoms with Gasteiger partial charge < -0.3 is 14.9 Å². The zero-order chi connectivity index (χ0) is 18.1. The normalized spacial score (nSPS) is 13.4. The van der Waals surface area contributed by atoms with Crippen molar-refractivity contribution in [1.29, 1.82) is 0 Å². The topological polar surface area (TPSA) is 70.0 Å². The van der Waals surface area contributed by atoms with Gasteiger partial charge in [-0.3, -0.25) is 9.69 Å². The quantitative estimate of drug-likeness (QED) is 0.681. The fourth-order valence-electron chi connectivity index (χ4n) is 2.80. The summed E-state index contributed by atoms with van der Waals surface area (Å²) >= 11 is 0. The Morgan fingerprint density at radius 2 is 1.48 bits per heavy atom. The predicted octanol–water partition coefficient (Wildman–Crippen LogP) is 1.97. The molecule has 0 aliphatic rings. The van der Waals surface area contributed by atoms with Gasteiger partial charge in [0.05, 0.1) is 32.3 Å². The van der Waals surface area contributed by atoms with Crippen molar-refractivity contribution in [3.63, 3.8) is 0 Å². The summed E-state index contributed by atoms with van der Waals surface area (Å²) in [5, 5.41) is 20.3. The number of benzene rings is 2. The second-order valence-electron chi connectivity index (χ2n) is 5.97. The number of aliphatic hydroxyl groups excluding tert-OH is 2. The van der Waals surface area contributed by atoms with Crippen LogP contribution in [0.2, 0.25) is 0 Å². The van der Waals surface area contributed by atoms with Gasteiger partial charge in [0.1, 0.15) is 0 Å². The molecule has 2 N–H and O–H groups in total. The first-order chi connectivity index (χ1) is 12.1. The molecule has 0 bridgehead atoms. The molecule has 0 radical (unpaired) electrons. The van der Waals surface area contributed by atoms with Crippen LogP contribution in [0.5, 0.6) is 0 Å². The highest BCUT2D eigenvalue weighted by atomic mass is 16.5. The van der Waals surface area contributed by atoms with E-state index in [4.69, 9.17) is 0 Å². The maximum atomic E-state index is 11.5. The summed E-state index contributed by atoms with van der Waals surface area (Å²) in [7, 11) is 1.29. The maximum Gasteiger partial charge on any atom is 0.308 e. The molecule has 0 aromatic heterocycles. The minimum absolute atomic E-state index is 0.151. The molecule has 5 nitrogen and oxygen atoms in total. The standard InChI is InChI=1S/C20H25NO4/c1-25-20(24)12-19(23)18(15-22)21(13-16-8-4-2-5-9-16)14-17-10-6-3-7-11-17/h2-11,18-19,22-23H,12-15H2,1H3/t18-,19+/m0/s1. The van der Waals surface area contributed by atoms with E-state index in [1.54, 1.807) is 0 Å². The van der Waals surface area contributed by atoms with Crippen molar-refractivity contribution in [2.45, 2.75) is 31.7 Å². The first-order valence-corrected chi connectivity index (χ1v) is 8.31. The van der Waals surface area contributed by atoms with Crippen molar-refractivity contribution in [2.75, 3.05) is 13.7 Å². The summed E-state index contributed by atoms with van der Waals surface area (Å²) in [4.78, 5) is 13.5. The van der Waals surface area contributed by atoms with Crippen LogP contribution < -0.4 is 0 Å². The SMILES string of the molecule is COC(=O)C[C@@H](O)[C@H](CO)N(Cc1ccccc1)Cc1ccccc1. The minimum atomic E-state index is -1.01. The Morgan fingerprint density at radius 3 is 1.88 bits per heavy atom. The number of rotatable bonds is 9. The smallest absolute Gasteiger partial charge is 0.308 e. The fourth-order valence-corrected chi connectivity index (χ4v) is 2.80. The van der Waals surface area contributed by atoms with Crippen LogP contribution in [0, 0.1) is 0 Å². The first kappa shape index (κ1) is 19.1. The molecule has 0 amide bonds. The van der Waals surface area contributed by atoms with E-state index < -0.39 is 18.1 Å². The third-order valence-electron chi connectivity index (χ3n) is 4.16. The van der Waals surface area contributed by atoms with E-state index in [2.05, 4.69) is 4.74 Å². The lowest BCUT2D eigenvalue weighted by Crippen LogP contribution is -2.46. The molecular formula is C20H25NO4. The number of esters is 1. The molecule has 2 atom stereocenters. The average Bonchev–Trinajstić information content (AvgIpc) is 2.63. The van der Waals surface area contributed by atoms with Crippen LogP contribution in [0.3, 0.4) is 0 Å². The van der Waals surface area contributed by atoms with Gasteiger partial charge in [-0.25, -0.2) is 0 Å². The van der Waals surface area contributed by atoms with Gasteiger partial charge >= 0.3 is 5.97 Å². The highest BCUT2D eigenvalue weighted by Gasteiger charge is 2.28. The largest absolute Gasteiger partial charge is 0.469 e. The van der Waals surface area contributed by atoms with Crippen LogP contribution >= 0.6 is 0 Å². The predicted molar refractivity (Wildman–Crippen MR) is 95.6 cm³/mol. The Bertz CT molecular complexity index is 591. The van der Waals surface area contributed by atoms with E-state index in [0.717, 1.165) is 11.1 Å². The van der Waals surface area contributed by atoms with Gasteiger partial charge in [0.25, 0.3) is 0 Å². The number of nitrogens with zero attached hydrogens (tertiary/aromatic N) is 1. The fraction of sp³-hybridized carbons (Fsp3) is 0.350. The van der Waals surface area contributed by atoms with E-state index in [-0.39, 0.29) is 13.0 Å². The molecule has 0 fully saturated rings. The Labute approximate surface area is 148 Å². The van der Waals surface area contributed by atoms with Gasteiger partial charge in [0.2, 0.25) is 0 Å². The lowest BCUT2D eigenvalue weighted by Gasteiger charge is -2.33. The third kappa shape index (κ3) is 5.98. The number of methoxy groups -OCH3 is 1. The van der Waals surface area contributed by atoms with Crippen molar-refractivity contribution in [3.05, 3.63) is 71.8 Å². The van der Waals surface area contributed by atoms with Gasteiger partial charge in [-0.05, 0) is 11.1 Å². The summed E-state index contributed by atoms with van der Waals surface area (Å²) in [6.07, 6.45) is -1.16. The zero-order valence-electron chi connectivity index (χ0n) is 14.4. The number of carbonyl (C=O) groups is 1. The number of hydrogen-bond acceptors (Lipinski definition) is 5. The van der Waals surface area contributed by atoms with Crippen LogP contribution in [0.15, 0.2) is 60.7 Å². The summed E-state index contributed by atoms with van der Waals surface area (Å²) in [5.41, 5.74) is 2.14. The number of carbonyl (C=O) groups excluding carboxylic acids is 1. The van der Waals surface area contributed by atoms with Gasteiger partial charge in [-0.2, -0.15) is 0 Å². The second-order valence-corrected chi connectivity index (χ2v) is 5.97. The Morgan fingerprint density at radius 1 is 1.00 bits per heavy atom. The molecule has 0 saturated heterocycles. The van der Waals surface area contributed by atoms with E-state index in [0.29, 0.717) is 13.1 Å². The molecule has 2 aromatic carbocycles. The van der Waals surface area contributed by atoms with Crippen LogP contribution in [0.4, 0.5) is 0 Å². The molecular weight excluding hydrogens is 318 g/mol. The van der Waals surface area contributed by atoms with Crippen LogP contribution in [-0.2, 0) is 22.6 Å². The number of hydrogen-bond donors (Lipinski definition) is 2. The van der Waals surface area contributed by atoms with Crippen molar-refractivity contribution in [3.8, 4) is 0 Å². The molecule has 2 rings (SSSR count). The summed E-state index contributed by atoms with van der Waals surface area (Å²) in [6.45, 7) is 0.857. The lowest BCUT2D eigenvalue weighted by molar-refractivity contribution is -0.144. The molecule has 0 heterocycles. The molecule has 5 heteroatoms. The van der Waals surface area contributed by atoms with Crippen molar-refractivity contribution in [1.82, 2.24) is 4.90 Å². The average molecular weight is 343 g/mol. The molecule has 2 aromatic rings. The van der Waals surface area contributed by atoms with E-state index in [1.165, 1.54) is 7.11 Å². The van der Waals surface area contributed by atoms with E-state index in [9.17, 15) is 15.0 Å². The number of aliphatic hydroxyl groups is 2. The van der Waals surface area contributed by atoms with Crippen LogP contribution in [-0.4, -0.2) is 46.9 Å².